The van der Waals surface area contributed by atoms with Crippen molar-refractivity contribution in [3.8, 4) is 10.6 Å². The summed E-state index contributed by atoms with van der Waals surface area (Å²) in [5, 5.41) is 6.11. The molecule has 5 heteroatoms. The smallest absolute Gasteiger partial charge is 0.237 e. The minimum atomic E-state index is -0.0912. The molecule has 0 spiro atoms. The molecule has 1 N–H and O–H groups in total. The van der Waals surface area contributed by atoms with Gasteiger partial charge in [0, 0.05) is 30.6 Å². The van der Waals surface area contributed by atoms with Crippen LogP contribution in [0.4, 0.5) is 0 Å². The van der Waals surface area contributed by atoms with E-state index in [4.69, 9.17) is 4.98 Å². The van der Waals surface area contributed by atoms with E-state index in [9.17, 15) is 4.79 Å². The topological polar surface area (TPSA) is 45.2 Å². The first-order valence-corrected chi connectivity index (χ1v) is 9.11. The highest BCUT2D eigenvalue weighted by Gasteiger charge is 2.24. The highest BCUT2D eigenvalue weighted by atomic mass is 32.1. The fourth-order valence-electron chi connectivity index (χ4n) is 2.82. The summed E-state index contributed by atoms with van der Waals surface area (Å²) in [5.74, 6) is 0.119. The fourth-order valence-corrected chi connectivity index (χ4v) is 3.64. The Balaban J connectivity index is 1.72. The molecule has 1 fully saturated rings. The zero-order valence-corrected chi connectivity index (χ0v) is 14.5. The van der Waals surface area contributed by atoms with Crippen LogP contribution in [0.3, 0.4) is 0 Å². The number of rotatable bonds is 4. The number of thiazole rings is 1. The van der Waals surface area contributed by atoms with Crippen molar-refractivity contribution in [2.45, 2.75) is 39.3 Å². The number of carbonyl (C=O) groups is 1. The van der Waals surface area contributed by atoms with Crippen LogP contribution in [0.1, 0.15) is 31.5 Å². The molecule has 1 amide bonds. The molecule has 0 aliphatic carbocycles. The zero-order chi connectivity index (χ0) is 16.2. The fraction of sp³-hybridized carbons (Fsp3) is 0.444. The van der Waals surface area contributed by atoms with Crippen molar-refractivity contribution in [1.82, 2.24) is 15.2 Å². The molecule has 0 radical (unpaired) electrons. The number of amides is 1. The lowest BCUT2D eigenvalue weighted by atomic mass is 10.1. The number of hydrogen-bond acceptors (Lipinski definition) is 4. The van der Waals surface area contributed by atoms with Gasteiger partial charge in [-0.2, -0.15) is 0 Å². The summed E-state index contributed by atoms with van der Waals surface area (Å²) >= 11 is 1.67. The monoisotopic (exact) mass is 329 g/mol. The average molecular weight is 329 g/mol. The van der Waals surface area contributed by atoms with Gasteiger partial charge < -0.3 is 5.32 Å². The molecule has 0 bridgehead atoms. The number of aryl methyl sites for hydroxylation is 1. The van der Waals surface area contributed by atoms with E-state index in [0.29, 0.717) is 0 Å². The Bertz CT molecular complexity index is 665. The molecule has 4 nitrogen and oxygen atoms in total. The zero-order valence-electron chi connectivity index (χ0n) is 13.7. The van der Waals surface area contributed by atoms with Crippen LogP contribution in [0.5, 0.6) is 0 Å². The van der Waals surface area contributed by atoms with Gasteiger partial charge in [0.2, 0.25) is 5.91 Å². The second kappa shape index (κ2) is 7.23. The number of carbonyl (C=O) groups excluding carboxylic acids is 1. The van der Waals surface area contributed by atoms with Crippen LogP contribution in [0, 0.1) is 0 Å². The van der Waals surface area contributed by atoms with Crippen molar-refractivity contribution in [2.24, 2.45) is 0 Å². The lowest BCUT2D eigenvalue weighted by Crippen LogP contribution is -2.41. The van der Waals surface area contributed by atoms with Crippen LogP contribution in [-0.4, -0.2) is 34.9 Å². The average Bonchev–Trinajstić information content (AvgIpc) is 2.99. The Kier molecular flexibility index (Phi) is 5.08. The van der Waals surface area contributed by atoms with Crippen molar-refractivity contribution in [3.63, 3.8) is 0 Å². The molecule has 2 heterocycles. The van der Waals surface area contributed by atoms with E-state index in [0.717, 1.165) is 43.2 Å². The standard InChI is InChI=1S/C18H23N3OS/c1-3-14-5-7-15(8-6-14)18-20-16(12-23-18)11-21-10-4-9-19-17(22)13(21)2/h5-8,12-13H,3-4,9-11H2,1-2H3,(H,19,22). The molecule has 1 atom stereocenters. The largest absolute Gasteiger partial charge is 0.355 e. The van der Waals surface area contributed by atoms with Gasteiger partial charge in [0.1, 0.15) is 5.01 Å². The van der Waals surface area contributed by atoms with Crippen molar-refractivity contribution >= 4 is 17.2 Å². The van der Waals surface area contributed by atoms with Crippen LogP contribution in [0.2, 0.25) is 0 Å². The second-order valence-electron chi connectivity index (χ2n) is 5.99. The van der Waals surface area contributed by atoms with Gasteiger partial charge in [0.05, 0.1) is 11.7 Å². The lowest BCUT2D eigenvalue weighted by molar-refractivity contribution is -0.125. The van der Waals surface area contributed by atoms with E-state index in [2.05, 4.69) is 46.8 Å². The van der Waals surface area contributed by atoms with Crippen LogP contribution >= 0.6 is 11.3 Å². The summed E-state index contributed by atoms with van der Waals surface area (Å²) < 4.78 is 0. The van der Waals surface area contributed by atoms with Crippen molar-refractivity contribution in [2.75, 3.05) is 13.1 Å². The Morgan fingerprint density at radius 1 is 1.35 bits per heavy atom. The first-order chi connectivity index (χ1) is 11.2. The third-order valence-electron chi connectivity index (χ3n) is 4.37. The summed E-state index contributed by atoms with van der Waals surface area (Å²) in [4.78, 5) is 18.9. The van der Waals surface area contributed by atoms with Crippen molar-refractivity contribution in [1.29, 1.82) is 0 Å². The number of hydrogen-bond donors (Lipinski definition) is 1. The van der Waals surface area contributed by atoms with Crippen LogP contribution in [0.15, 0.2) is 29.6 Å². The maximum atomic E-state index is 11.9. The van der Waals surface area contributed by atoms with Crippen LogP contribution in [-0.2, 0) is 17.8 Å². The summed E-state index contributed by atoms with van der Waals surface area (Å²) in [6.07, 6.45) is 2.05. The maximum absolute atomic E-state index is 11.9. The first-order valence-electron chi connectivity index (χ1n) is 8.23. The lowest BCUT2D eigenvalue weighted by Gasteiger charge is -2.24. The Hall–Kier alpha value is -1.72. The van der Waals surface area contributed by atoms with E-state index in [1.165, 1.54) is 11.1 Å². The summed E-state index contributed by atoms with van der Waals surface area (Å²) in [6.45, 7) is 6.56. The van der Waals surface area contributed by atoms with Gasteiger partial charge in [-0.05, 0) is 25.3 Å². The molecule has 1 aromatic carbocycles. The molecule has 3 rings (SSSR count). The van der Waals surface area contributed by atoms with Gasteiger partial charge in [0.25, 0.3) is 0 Å². The third kappa shape index (κ3) is 3.79. The number of nitrogens with zero attached hydrogens (tertiary/aromatic N) is 2. The highest BCUT2D eigenvalue weighted by molar-refractivity contribution is 7.13. The molecule has 122 valence electrons. The molecule has 1 unspecified atom stereocenters. The Morgan fingerprint density at radius 3 is 2.87 bits per heavy atom. The molecular formula is C18H23N3OS. The molecule has 0 saturated carbocycles. The van der Waals surface area contributed by atoms with Gasteiger partial charge in [-0.1, -0.05) is 31.2 Å². The first kappa shape index (κ1) is 16.1. The Labute approximate surface area is 141 Å². The van der Waals surface area contributed by atoms with E-state index >= 15 is 0 Å². The quantitative estimate of drug-likeness (QED) is 0.937. The van der Waals surface area contributed by atoms with E-state index in [1.54, 1.807) is 11.3 Å². The maximum Gasteiger partial charge on any atom is 0.237 e. The second-order valence-corrected chi connectivity index (χ2v) is 6.84. The van der Waals surface area contributed by atoms with Crippen molar-refractivity contribution < 1.29 is 4.79 Å². The van der Waals surface area contributed by atoms with E-state index in [-0.39, 0.29) is 11.9 Å². The Morgan fingerprint density at radius 2 is 2.13 bits per heavy atom. The molecule has 1 aromatic heterocycles. The minimum Gasteiger partial charge on any atom is -0.355 e. The number of nitrogens with one attached hydrogen (secondary N) is 1. The molecule has 1 aliphatic rings. The molecule has 23 heavy (non-hydrogen) atoms. The van der Waals surface area contributed by atoms with Crippen LogP contribution < -0.4 is 5.32 Å². The summed E-state index contributed by atoms with van der Waals surface area (Å²) in [7, 11) is 0. The summed E-state index contributed by atoms with van der Waals surface area (Å²) in [5.41, 5.74) is 3.56. The van der Waals surface area contributed by atoms with Gasteiger partial charge in [-0.15, -0.1) is 11.3 Å². The SMILES string of the molecule is CCc1ccc(-c2nc(CN3CCCNC(=O)C3C)cs2)cc1. The summed E-state index contributed by atoms with van der Waals surface area (Å²) in [6, 6.07) is 8.52. The van der Waals surface area contributed by atoms with E-state index in [1.807, 2.05) is 6.92 Å². The van der Waals surface area contributed by atoms with E-state index < -0.39 is 0 Å². The predicted octanol–water partition coefficient (Wildman–Crippen LogP) is 3.08. The minimum absolute atomic E-state index is 0.0912. The highest BCUT2D eigenvalue weighted by Crippen LogP contribution is 2.25. The predicted molar refractivity (Wildman–Crippen MR) is 94.4 cm³/mol. The molecule has 1 saturated heterocycles. The van der Waals surface area contributed by atoms with Gasteiger partial charge >= 0.3 is 0 Å². The number of aromatic nitrogens is 1. The van der Waals surface area contributed by atoms with Gasteiger partial charge in [-0.25, -0.2) is 4.98 Å². The van der Waals surface area contributed by atoms with Crippen LogP contribution in [0.25, 0.3) is 10.6 Å². The molecular weight excluding hydrogens is 306 g/mol. The third-order valence-corrected chi connectivity index (χ3v) is 5.31. The van der Waals surface area contributed by atoms with Gasteiger partial charge in [0.15, 0.2) is 0 Å². The number of benzene rings is 1. The normalized spacial score (nSPS) is 19.4. The molecule has 2 aromatic rings. The van der Waals surface area contributed by atoms with Crippen molar-refractivity contribution in [3.05, 3.63) is 40.9 Å². The molecule has 1 aliphatic heterocycles. The van der Waals surface area contributed by atoms with Gasteiger partial charge in [-0.3, -0.25) is 9.69 Å².